The van der Waals surface area contributed by atoms with Crippen molar-refractivity contribution in [1.29, 1.82) is 0 Å². The van der Waals surface area contributed by atoms with Crippen LogP contribution in [0.25, 0.3) is 0 Å². The predicted octanol–water partition coefficient (Wildman–Crippen LogP) is 3.69. The number of benzene rings is 2. The zero-order valence-corrected chi connectivity index (χ0v) is 26.1. The minimum absolute atomic E-state index is 0.134. The molecule has 0 fully saturated rings. The van der Waals surface area contributed by atoms with Gasteiger partial charge in [-0.25, -0.2) is 4.98 Å². The van der Waals surface area contributed by atoms with E-state index in [-0.39, 0.29) is 29.9 Å². The van der Waals surface area contributed by atoms with Crippen molar-refractivity contribution in [2.75, 3.05) is 61.0 Å². The molecular weight excluding hydrogens is 574 g/mol. The smallest absolute Gasteiger partial charge is 0.260 e. The normalized spacial score (nSPS) is 10.9. The van der Waals surface area contributed by atoms with Crippen molar-refractivity contribution in [2.24, 2.45) is 5.73 Å². The standard InChI is InChI=1S/C32H41N9O4/c1-5-17-34-30-26(20-35-32(39-30)38-23-15-13-22(14-16-23)29(33)44)31(45)37-25-11-8-10-24(19-25)36-27(42)21-40(4)28(43)12-9-18-41(6-2)7-3/h8-16,19-20H,5-7,17-18,21H2,1-4H3,(H2,33,44)(H,36,42)(H,37,45)(H2,34,35,38,39)/b12-9+. The second kappa shape index (κ2) is 17.1. The number of nitrogens with one attached hydrogen (secondary N) is 4. The minimum atomic E-state index is -0.527. The number of hydrogen-bond acceptors (Lipinski definition) is 9. The van der Waals surface area contributed by atoms with Gasteiger partial charge in [0.15, 0.2) is 0 Å². The Morgan fingerprint density at radius 1 is 0.933 bits per heavy atom. The van der Waals surface area contributed by atoms with E-state index >= 15 is 0 Å². The topological polar surface area (TPSA) is 175 Å². The number of aromatic nitrogens is 2. The second-order valence-electron chi connectivity index (χ2n) is 10.1. The summed E-state index contributed by atoms with van der Waals surface area (Å²) in [5, 5.41) is 11.8. The molecule has 45 heavy (non-hydrogen) atoms. The molecule has 0 aliphatic rings. The fourth-order valence-corrected chi connectivity index (χ4v) is 4.11. The summed E-state index contributed by atoms with van der Waals surface area (Å²) >= 11 is 0. The first-order valence-corrected chi connectivity index (χ1v) is 14.8. The van der Waals surface area contributed by atoms with Crippen LogP contribution in [-0.2, 0) is 9.59 Å². The number of rotatable bonds is 16. The van der Waals surface area contributed by atoms with Gasteiger partial charge in [0.05, 0.1) is 6.54 Å². The lowest BCUT2D eigenvalue weighted by Gasteiger charge is -2.17. The molecule has 0 spiro atoms. The van der Waals surface area contributed by atoms with Crippen LogP contribution in [0.2, 0.25) is 0 Å². The number of carbonyl (C=O) groups excluding carboxylic acids is 4. The van der Waals surface area contributed by atoms with Crippen LogP contribution in [0.4, 0.5) is 28.8 Å². The van der Waals surface area contributed by atoms with Crippen LogP contribution in [0.3, 0.4) is 0 Å². The molecule has 0 aliphatic heterocycles. The van der Waals surface area contributed by atoms with Gasteiger partial charge in [-0.05, 0) is 62.0 Å². The summed E-state index contributed by atoms with van der Waals surface area (Å²) in [5.74, 6) is -1.03. The summed E-state index contributed by atoms with van der Waals surface area (Å²) in [6.45, 7) is 8.98. The predicted molar refractivity (Wildman–Crippen MR) is 177 cm³/mol. The summed E-state index contributed by atoms with van der Waals surface area (Å²) in [7, 11) is 1.56. The number of primary amides is 1. The molecular formula is C32H41N9O4. The first-order valence-electron chi connectivity index (χ1n) is 14.8. The molecule has 13 heteroatoms. The van der Waals surface area contributed by atoms with Crippen LogP contribution >= 0.6 is 0 Å². The molecule has 0 bridgehead atoms. The summed E-state index contributed by atoms with van der Waals surface area (Å²) in [5.41, 5.74) is 7.44. The number of amides is 4. The van der Waals surface area contributed by atoms with Gasteiger partial charge >= 0.3 is 0 Å². The maximum atomic E-state index is 13.3. The fourth-order valence-electron chi connectivity index (χ4n) is 4.11. The number of likely N-dealkylation sites (N-methyl/N-ethyl adjacent to an activating group) is 2. The highest BCUT2D eigenvalue weighted by molar-refractivity contribution is 6.07. The van der Waals surface area contributed by atoms with E-state index in [9.17, 15) is 19.2 Å². The Morgan fingerprint density at radius 3 is 2.27 bits per heavy atom. The SMILES string of the molecule is CCCNc1nc(Nc2ccc(C(N)=O)cc2)ncc1C(=O)Nc1cccc(NC(=O)CN(C)C(=O)/C=C/CN(CC)CC)c1. The van der Waals surface area contributed by atoms with Crippen LogP contribution in [0.15, 0.2) is 66.9 Å². The van der Waals surface area contributed by atoms with E-state index in [0.29, 0.717) is 41.5 Å². The Bertz CT molecular complexity index is 1500. The molecule has 1 heterocycles. The average molecular weight is 616 g/mol. The van der Waals surface area contributed by atoms with Crippen LogP contribution in [-0.4, -0.2) is 83.2 Å². The lowest BCUT2D eigenvalue weighted by molar-refractivity contribution is -0.129. The van der Waals surface area contributed by atoms with Gasteiger partial charge in [-0.2, -0.15) is 4.98 Å². The van der Waals surface area contributed by atoms with Gasteiger partial charge in [0.2, 0.25) is 23.7 Å². The lowest BCUT2D eigenvalue weighted by atomic mass is 10.2. The maximum Gasteiger partial charge on any atom is 0.260 e. The monoisotopic (exact) mass is 615 g/mol. The van der Waals surface area contributed by atoms with E-state index in [0.717, 1.165) is 19.5 Å². The summed E-state index contributed by atoms with van der Waals surface area (Å²) in [6.07, 6.45) is 5.48. The third kappa shape index (κ3) is 10.7. The van der Waals surface area contributed by atoms with Gasteiger partial charge in [-0.15, -0.1) is 0 Å². The molecule has 0 radical (unpaired) electrons. The average Bonchev–Trinajstić information content (AvgIpc) is 3.02. The highest BCUT2D eigenvalue weighted by atomic mass is 16.2. The molecule has 1 aromatic heterocycles. The molecule has 0 aliphatic carbocycles. The van der Waals surface area contributed by atoms with Crippen LogP contribution in [0.1, 0.15) is 47.9 Å². The van der Waals surface area contributed by atoms with Crippen LogP contribution < -0.4 is 27.0 Å². The molecule has 0 unspecified atom stereocenters. The van der Waals surface area contributed by atoms with Crippen molar-refractivity contribution < 1.29 is 19.2 Å². The van der Waals surface area contributed by atoms with Gasteiger partial charge in [0.1, 0.15) is 11.4 Å². The van der Waals surface area contributed by atoms with E-state index in [4.69, 9.17) is 5.73 Å². The quantitative estimate of drug-likeness (QED) is 0.151. The van der Waals surface area contributed by atoms with Gasteiger partial charge in [-0.3, -0.25) is 19.2 Å². The fraction of sp³-hybridized carbons (Fsp3) is 0.312. The summed E-state index contributed by atoms with van der Waals surface area (Å²) in [6, 6.07) is 13.2. The van der Waals surface area contributed by atoms with Gasteiger partial charge in [-0.1, -0.05) is 32.9 Å². The van der Waals surface area contributed by atoms with Gasteiger partial charge in [0.25, 0.3) is 5.91 Å². The lowest BCUT2D eigenvalue weighted by Crippen LogP contribution is -2.34. The molecule has 6 N–H and O–H groups in total. The highest BCUT2D eigenvalue weighted by Gasteiger charge is 2.16. The summed E-state index contributed by atoms with van der Waals surface area (Å²) in [4.78, 5) is 61.9. The molecule has 4 amide bonds. The van der Waals surface area contributed by atoms with E-state index < -0.39 is 11.8 Å². The first kappa shape index (κ1) is 34.2. The first-order chi connectivity index (χ1) is 21.6. The van der Waals surface area contributed by atoms with E-state index in [2.05, 4.69) is 50.0 Å². The zero-order valence-electron chi connectivity index (χ0n) is 26.1. The highest BCUT2D eigenvalue weighted by Crippen LogP contribution is 2.21. The minimum Gasteiger partial charge on any atom is -0.369 e. The van der Waals surface area contributed by atoms with Crippen molar-refractivity contribution in [3.63, 3.8) is 0 Å². The van der Waals surface area contributed by atoms with E-state index in [1.807, 2.05) is 6.92 Å². The van der Waals surface area contributed by atoms with Crippen molar-refractivity contribution in [3.05, 3.63) is 78.0 Å². The Balaban J connectivity index is 1.64. The van der Waals surface area contributed by atoms with Crippen molar-refractivity contribution in [3.8, 4) is 0 Å². The van der Waals surface area contributed by atoms with Crippen molar-refractivity contribution in [1.82, 2.24) is 19.8 Å². The molecule has 2 aromatic carbocycles. The Labute approximate surface area is 263 Å². The summed E-state index contributed by atoms with van der Waals surface area (Å²) < 4.78 is 0. The molecule has 3 rings (SSSR count). The van der Waals surface area contributed by atoms with Crippen molar-refractivity contribution in [2.45, 2.75) is 27.2 Å². The number of nitrogens with two attached hydrogens (primary N) is 1. The Kier molecular flexibility index (Phi) is 13.0. The number of hydrogen-bond donors (Lipinski definition) is 5. The number of nitrogens with zero attached hydrogens (tertiary/aromatic N) is 4. The largest absolute Gasteiger partial charge is 0.369 e. The van der Waals surface area contributed by atoms with E-state index in [1.54, 1.807) is 61.7 Å². The molecule has 0 saturated carbocycles. The van der Waals surface area contributed by atoms with Gasteiger partial charge in [0, 0.05) is 55.0 Å². The van der Waals surface area contributed by atoms with Gasteiger partial charge < -0.3 is 36.8 Å². The molecule has 238 valence electrons. The molecule has 0 atom stereocenters. The second-order valence-corrected chi connectivity index (χ2v) is 10.1. The molecule has 13 nitrogen and oxygen atoms in total. The Hall–Kier alpha value is -5.30. The zero-order chi connectivity index (χ0) is 32.8. The third-order valence-electron chi connectivity index (χ3n) is 6.68. The van der Waals surface area contributed by atoms with Crippen LogP contribution in [0.5, 0.6) is 0 Å². The van der Waals surface area contributed by atoms with Crippen LogP contribution in [0, 0.1) is 0 Å². The number of anilines is 5. The van der Waals surface area contributed by atoms with E-state index in [1.165, 1.54) is 17.2 Å². The molecule has 3 aromatic rings. The van der Waals surface area contributed by atoms with Crippen molar-refractivity contribution >= 4 is 52.5 Å². The number of carbonyl (C=O) groups is 4. The third-order valence-corrected chi connectivity index (χ3v) is 6.68. The molecule has 0 saturated heterocycles. The Morgan fingerprint density at radius 2 is 1.62 bits per heavy atom. The maximum absolute atomic E-state index is 13.3.